The minimum Gasteiger partial charge on any atom is -0.399 e. The lowest BCUT2D eigenvalue weighted by molar-refractivity contribution is 0.0993. The monoisotopic (exact) mass is 418 g/mol. The Hall–Kier alpha value is -4.08. The molecule has 0 atom stereocenters. The van der Waals surface area contributed by atoms with Crippen LogP contribution in [-0.2, 0) is 0 Å². The van der Waals surface area contributed by atoms with Crippen LogP contribution in [0.2, 0.25) is 0 Å². The molecule has 0 aromatic heterocycles. The van der Waals surface area contributed by atoms with Crippen molar-refractivity contribution in [3.8, 4) is 0 Å². The maximum Gasteiger partial charge on any atom is 0.261 e. The summed E-state index contributed by atoms with van der Waals surface area (Å²) < 4.78 is 57.7. The fourth-order valence-electron chi connectivity index (χ4n) is 2.55. The maximum absolute atomic E-state index is 14.4. The summed E-state index contributed by atoms with van der Waals surface area (Å²) in [5.41, 5.74) is 8.84. The fraction of sp³-hybridized carbons (Fsp3) is 0. The van der Waals surface area contributed by atoms with Gasteiger partial charge < -0.3 is 22.1 Å². The summed E-state index contributed by atoms with van der Waals surface area (Å²) in [6.45, 7) is 0. The molecule has 0 saturated heterocycles. The van der Waals surface area contributed by atoms with Gasteiger partial charge in [0.2, 0.25) is 0 Å². The molecular formula is C20H14F4N4O2. The van der Waals surface area contributed by atoms with Gasteiger partial charge in [-0.05, 0) is 48.5 Å². The molecular weight excluding hydrogens is 404 g/mol. The summed E-state index contributed by atoms with van der Waals surface area (Å²) in [6, 6.07) is 10.9. The van der Waals surface area contributed by atoms with Gasteiger partial charge in [-0.3, -0.25) is 9.59 Å². The van der Waals surface area contributed by atoms with E-state index in [9.17, 15) is 27.2 Å². The van der Waals surface area contributed by atoms with Gasteiger partial charge in [0.1, 0.15) is 11.1 Å². The van der Waals surface area contributed by atoms with E-state index in [0.717, 1.165) is 0 Å². The van der Waals surface area contributed by atoms with Crippen LogP contribution in [0.5, 0.6) is 0 Å². The summed E-state index contributed by atoms with van der Waals surface area (Å²) >= 11 is 0. The first-order valence-corrected chi connectivity index (χ1v) is 8.38. The van der Waals surface area contributed by atoms with Crippen molar-refractivity contribution in [3.05, 3.63) is 82.9 Å². The SMILES string of the molecule is Nc1ccc(NC(=O)c2c(F)c(F)c(C(=O)Nc3ccc(N)cc3)c(F)c2F)cc1. The van der Waals surface area contributed by atoms with Crippen molar-refractivity contribution >= 4 is 34.6 Å². The number of amides is 2. The van der Waals surface area contributed by atoms with Gasteiger partial charge in [0.25, 0.3) is 11.8 Å². The summed E-state index contributed by atoms with van der Waals surface area (Å²) in [7, 11) is 0. The summed E-state index contributed by atoms with van der Waals surface area (Å²) in [6.07, 6.45) is 0. The molecule has 0 bridgehead atoms. The predicted octanol–water partition coefficient (Wildman–Crippen LogP) is 3.91. The zero-order valence-electron chi connectivity index (χ0n) is 15.1. The minimum absolute atomic E-state index is 0.0824. The molecule has 3 aromatic rings. The molecule has 0 heterocycles. The van der Waals surface area contributed by atoms with Gasteiger partial charge in [-0.25, -0.2) is 17.6 Å². The number of hydrogen-bond acceptors (Lipinski definition) is 4. The second-order valence-corrected chi connectivity index (χ2v) is 6.16. The number of nitrogen functional groups attached to an aromatic ring is 2. The molecule has 0 spiro atoms. The molecule has 0 aliphatic carbocycles. The van der Waals surface area contributed by atoms with E-state index >= 15 is 0 Å². The highest BCUT2D eigenvalue weighted by Gasteiger charge is 2.32. The highest BCUT2D eigenvalue weighted by molar-refractivity contribution is 6.08. The first-order valence-electron chi connectivity index (χ1n) is 8.38. The van der Waals surface area contributed by atoms with Crippen LogP contribution < -0.4 is 22.1 Å². The lowest BCUT2D eigenvalue weighted by Crippen LogP contribution is -2.23. The first-order chi connectivity index (χ1) is 14.2. The molecule has 0 radical (unpaired) electrons. The van der Waals surface area contributed by atoms with Crippen LogP contribution in [-0.4, -0.2) is 11.8 Å². The quantitative estimate of drug-likeness (QED) is 0.293. The van der Waals surface area contributed by atoms with E-state index in [2.05, 4.69) is 10.6 Å². The van der Waals surface area contributed by atoms with E-state index in [1.807, 2.05) is 0 Å². The van der Waals surface area contributed by atoms with Gasteiger partial charge in [0, 0.05) is 22.7 Å². The van der Waals surface area contributed by atoms with Crippen LogP contribution in [0.3, 0.4) is 0 Å². The van der Waals surface area contributed by atoms with Crippen molar-refractivity contribution in [1.82, 2.24) is 0 Å². The van der Waals surface area contributed by atoms with Gasteiger partial charge in [0.05, 0.1) is 0 Å². The molecule has 30 heavy (non-hydrogen) atoms. The largest absolute Gasteiger partial charge is 0.399 e. The molecule has 0 saturated carbocycles. The average molecular weight is 418 g/mol. The molecule has 10 heteroatoms. The number of halogens is 4. The van der Waals surface area contributed by atoms with Crippen LogP contribution in [0.15, 0.2) is 48.5 Å². The third kappa shape index (κ3) is 4.02. The van der Waals surface area contributed by atoms with E-state index in [1.165, 1.54) is 48.5 Å². The average Bonchev–Trinajstić information content (AvgIpc) is 2.70. The molecule has 2 amide bonds. The smallest absolute Gasteiger partial charge is 0.261 e. The minimum atomic E-state index is -2.01. The van der Waals surface area contributed by atoms with Crippen molar-refractivity contribution in [2.45, 2.75) is 0 Å². The Morgan fingerprint density at radius 3 is 1.10 bits per heavy atom. The Labute approximate surface area is 167 Å². The van der Waals surface area contributed by atoms with Crippen LogP contribution in [0, 0.1) is 23.3 Å². The second-order valence-electron chi connectivity index (χ2n) is 6.16. The molecule has 154 valence electrons. The molecule has 6 nitrogen and oxygen atoms in total. The van der Waals surface area contributed by atoms with Crippen LogP contribution in [0.4, 0.5) is 40.3 Å². The van der Waals surface area contributed by atoms with Crippen LogP contribution in [0.1, 0.15) is 20.7 Å². The number of anilines is 4. The molecule has 3 aromatic carbocycles. The van der Waals surface area contributed by atoms with E-state index in [1.54, 1.807) is 0 Å². The van der Waals surface area contributed by atoms with Crippen molar-refractivity contribution in [2.24, 2.45) is 0 Å². The van der Waals surface area contributed by atoms with Gasteiger partial charge >= 0.3 is 0 Å². The standard InChI is InChI=1S/C20H14F4N4O2/c21-15-13(19(29)27-11-5-1-9(25)2-6-11)16(22)18(24)14(17(15)23)20(30)28-12-7-3-10(26)4-8-12/h1-8H,25-26H2,(H,27,29)(H,28,30). The lowest BCUT2D eigenvalue weighted by Gasteiger charge is -2.13. The second kappa shape index (κ2) is 8.11. The Morgan fingerprint density at radius 1 is 0.567 bits per heavy atom. The summed E-state index contributed by atoms with van der Waals surface area (Å²) in [5.74, 6) is -10.9. The predicted molar refractivity (Wildman–Crippen MR) is 104 cm³/mol. The van der Waals surface area contributed by atoms with Gasteiger partial charge in [-0.1, -0.05) is 0 Å². The number of benzene rings is 3. The fourth-order valence-corrected chi connectivity index (χ4v) is 2.55. The van der Waals surface area contributed by atoms with Gasteiger partial charge in [-0.2, -0.15) is 0 Å². The van der Waals surface area contributed by atoms with E-state index in [0.29, 0.717) is 11.4 Å². The third-order valence-electron chi connectivity index (χ3n) is 4.05. The Bertz CT molecular complexity index is 1010. The molecule has 0 fully saturated rings. The Morgan fingerprint density at radius 2 is 0.833 bits per heavy atom. The molecule has 0 aliphatic heterocycles. The Kier molecular flexibility index (Phi) is 5.58. The van der Waals surface area contributed by atoms with E-state index in [4.69, 9.17) is 11.5 Å². The zero-order valence-corrected chi connectivity index (χ0v) is 15.1. The van der Waals surface area contributed by atoms with Crippen molar-refractivity contribution in [1.29, 1.82) is 0 Å². The molecule has 6 N–H and O–H groups in total. The molecule has 0 aliphatic rings. The van der Waals surface area contributed by atoms with E-state index in [-0.39, 0.29) is 11.4 Å². The number of nitrogens with two attached hydrogens (primary N) is 2. The van der Waals surface area contributed by atoms with Crippen molar-refractivity contribution in [3.63, 3.8) is 0 Å². The van der Waals surface area contributed by atoms with Crippen LogP contribution in [0.25, 0.3) is 0 Å². The number of carbonyl (C=O) groups excluding carboxylic acids is 2. The van der Waals surface area contributed by atoms with Gasteiger partial charge in [-0.15, -0.1) is 0 Å². The normalized spacial score (nSPS) is 10.5. The summed E-state index contributed by atoms with van der Waals surface area (Å²) in [5, 5.41) is 4.19. The van der Waals surface area contributed by atoms with Crippen molar-refractivity contribution < 1.29 is 27.2 Å². The van der Waals surface area contributed by atoms with Crippen LogP contribution >= 0.6 is 0 Å². The summed E-state index contributed by atoms with van der Waals surface area (Å²) in [4.78, 5) is 24.4. The molecule has 0 unspecified atom stereocenters. The topological polar surface area (TPSA) is 110 Å². The highest BCUT2D eigenvalue weighted by atomic mass is 19.2. The maximum atomic E-state index is 14.4. The zero-order chi connectivity index (χ0) is 22.0. The number of hydrogen-bond donors (Lipinski definition) is 4. The highest BCUT2D eigenvalue weighted by Crippen LogP contribution is 2.26. The third-order valence-corrected chi connectivity index (χ3v) is 4.05. The first kappa shape index (κ1) is 20.6. The van der Waals surface area contributed by atoms with Crippen molar-refractivity contribution in [2.75, 3.05) is 22.1 Å². The number of rotatable bonds is 4. The number of carbonyl (C=O) groups is 2. The Balaban J connectivity index is 1.94. The van der Waals surface area contributed by atoms with Gasteiger partial charge in [0.15, 0.2) is 23.3 Å². The van der Waals surface area contributed by atoms with E-state index < -0.39 is 46.2 Å². The lowest BCUT2D eigenvalue weighted by atomic mass is 10.1. The molecule has 3 rings (SSSR count). The number of nitrogens with one attached hydrogen (secondary N) is 2.